The van der Waals surface area contributed by atoms with E-state index in [1.807, 2.05) is 24.4 Å². The van der Waals surface area contributed by atoms with Crippen molar-refractivity contribution >= 4 is 28.9 Å². The van der Waals surface area contributed by atoms with Gasteiger partial charge in [-0.25, -0.2) is 4.79 Å². The van der Waals surface area contributed by atoms with Crippen LogP contribution in [0.15, 0.2) is 22.7 Å². The van der Waals surface area contributed by atoms with Gasteiger partial charge in [0.2, 0.25) is 6.10 Å². The molecular weight excluding hydrogens is 280 g/mol. The van der Waals surface area contributed by atoms with E-state index < -0.39 is 12.1 Å². The van der Waals surface area contributed by atoms with Gasteiger partial charge in [0.15, 0.2) is 5.71 Å². The minimum atomic E-state index is -1.14. The summed E-state index contributed by atoms with van der Waals surface area (Å²) < 4.78 is 0. The summed E-state index contributed by atoms with van der Waals surface area (Å²) in [6, 6.07) is 4.01. The summed E-state index contributed by atoms with van der Waals surface area (Å²) in [6.45, 7) is 1.95. The SMILES string of the molecule is CC(Cc1cccs1)N(C)C(=O)C1CC(C(=O)O)=NO1. The molecule has 1 amide bonds. The number of rotatable bonds is 5. The van der Waals surface area contributed by atoms with Crippen LogP contribution in [0.3, 0.4) is 0 Å². The summed E-state index contributed by atoms with van der Waals surface area (Å²) in [5, 5.41) is 14.2. The third-order valence-corrected chi connectivity index (χ3v) is 4.18. The number of carboxylic acids is 1. The molecule has 0 aromatic carbocycles. The van der Waals surface area contributed by atoms with E-state index in [9.17, 15) is 9.59 Å². The lowest BCUT2D eigenvalue weighted by Gasteiger charge is -2.26. The van der Waals surface area contributed by atoms with Gasteiger partial charge in [0.25, 0.3) is 5.91 Å². The highest BCUT2D eigenvalue weighted by atomic mass is 32.1. The summed E-state index contributed by atoms with van der Waals surface area (Å²) >= 11 is 1.65. The molecule has 0 aliphatic carbocycles. The highest BCUT2D eigenvalue weighted by molar-refractivity contribution is 7.09. The van der Waals surface area contributed by atoms with E-state index in [0.717, 1.165) is 6.42 Å². The molecule has 0 bridgehead atoms. The number of hydrogen-bond donors (Lipinski definition) is 1. The Morgan fingerprint density at radius 1 is 1.65 bits per heavy atom. The first-order chi connectivity index (χ1) is 9.49. The monoisotopic (exact) mass is 296 g/mol. The molecule has 20 heavy (non-hydrogen) atoms. The van der Waals surface area contributed by atoms with Crippen LogP contribution in [0.5, 0.6) is 0 Å². The minimum absolute atomic E-state index is 0.0126. The Balaban J connectivity index is 1.91. The Hall–Kier alpha value is -1.89. The summed E-state index contributed by atoms with van der Waals surface area (Å²) in [5.41, 5.74) is -0.109. The van der Waals surface area contributed by atoms with Crippen LogP contribution < -0.4 is 0 Å². The molecule has 0 fully saturated rings. The van der Waals surface area contributed by atoms with Gasteiger partial charge < -0.3 is 14.8 Å². The van der Waals surface area contributed by atoms with E-state index in [-0.39, 0.29) is 24.1 Å². The fraction of sp³-hybridized carbons (Fsp3) is 0.462. The Morgan fingerprint density at radius 2 is 2.40 bits per heavy atom. The molecule has 2 heterocycles. The molecule has 6 nitrogen and oxygen atoms in total. The Bertz CT molecular complexity index is 526. The molecule has 108 valence electrons. The maximum atomic E-state index is 12.2. The Morgan fingerprint density at radius 3 is 2.95 bits per heavy atom. The molecule has 7 heteroatoms. The van der Waals surface area contributed by atoms with Gasteiger partial charge >= 0.3 is 5.97 Å². The largest absolute Gasteiger partial charge is 0.477 e. The second-order valence-electron chi connectivity index (χ2n) is 4.72. The molecule has 2 rings (SSSR count). The van der Waals surface area contributed by atoms with Gasteiger partial charge in [0.05, 0.1) is 0 Å². The van der Waals surface area contributed by atoms with Gasteiger partial charge in [0, 0.05) is 30.8 Å². The number of carboxylic acid groups (broad SMARTS) is 1. The van der Waals surface area contributed by atoms with Gasteiger partial charge in [0.1, 0.15) is 0 Å². The van der Waals surface area contributed by atoms with Crippen molar-refractivity contribution in [3.63, 3.8) is 0 Å². The standard InChI is InChI=1S/C13H16N2O4S/c1-8(6-9-4-3-5-20-9)15(2)12(16)11-7-10(13(17)18)14-19-11/h3-5,8,11H,6-7H2,1-2H3,(H,17,18). The average Bonchev–Trinajstić information content (AvgIpc) is 3.07. The number of thiophene rings is 1. The molecule has 2 atom stereocenters. The second kappa shape index (κ2) is 6.04. The van der Waals surface area contributed by atoms with Gasteiger partial charge in [-0.2, -0.15) is 0 Å². The van der Waals surface area contributed by atoms with Crippen LogP contribution in [-0.2, 0) is 20.8 Å². The fourth-order valence-corrected chi connectivity index (χ4v) is 2.76. The molecule has 0 radical (unpaired) electrons. The molecule has 0 saturated carbocycles. The lowest BCUT2D eigenvalue weighted by Crippen LogP contribution is -2.42. The predicted molar refractivity (Wildman–Crippen MR) is 74.8 cm³/mol. The summed E-state index contributed by atoms with van der Waals surface area (Å²) in [7, 11) is 1.70. The van der Waals surface area contributed by atoms with Crippen LogP contribution in [0.4, 0.5) is 0 Å². The maximum absolute atomic E-state index is 12.2. The van der Waals surface area contributed by atoms with Crippen molar-refractivity contribution in [3.05, 3.63) is 22.4 Å². The molecule has 2 unspecified atom stereocenters. The average molecular weight is 296 g/mol. The lowest BCUT2D eigenvalue weighted by atomic mass is 10.1. The summed E-state index contributed by atoms with van der Waals surface area (Å²) in [5.74, 6) is -1.39. The van der Waals surface area contributed by atoms with Crippen molar-refractivity contribution in [2.75, 3.05) is 7.05 Å². The molecule has 0 saturated heterocycles. The number of amides is 1. The molecule has 1 N–H and O–H groups in total. The third-order valence-electron chi connectivity index (χ3n) is 3.28. The summed E-state index contributed by atoms with van der Waals surface area (Å²) in [6.07, 6.45) is -0.0411. The zero-order chi connectivity index (χ0) is 14.7. The van der Waals surface area contributed by atoms with E-state index in [4.69, 9.17) is 9.94 Å². The van der Waals surface area contributed by atoms with Gasteiger partial charge in [-0.05, 0) is 18.4 Å². The van der Waals surface area contributed by atoms with Crippen LogP contribution in [-0.4, -0.2) is 46.8 Å². The van der Waals surface area contributed by atoms with Crippen LogP contribution in [0.1, 0.15) is 18.2 Å². The first-order valence-electron chi connectivity index (χ1n) is 6.24. The van der Waals surface area contributed by atoms with Crippen LogP contribution in [0.25, 0.3) is 0 Å². The van der Waals surface area contributed by atoms with Gasteiger partial charge in [-0.1, -0.05) is 11.2 Å². The highest BCUT2D eigenvalue weighted by Gasteiger charge is 2.34. The van der Waals surface area contributed by atoms with Crippen molar-refractivity contribution in [2.24, 2.45) is 5.16 Å². The number of carbonyl (C=O) groups is 2. The fourth-order valence-electron chi connectivity index (χ4n) is 1.94. The van der Waals surface area contributed by atoms with Crippen molar-refractivity contribution in [1.29, 1.82) is 0 Å². The molecule has 1 aromatic heterocycles. The second-order valence-corrected chi connectivity index (χ2v) is 5.76. The van der Waals surface area contributed by atoms with E-state index in [0.29, 0.717) is 0 Å². The summed E-state index contributed by atoms with van der Waals surface area (Å²) in [4.78, 5) is 30.7. The minimum Gasteiger partial charge on any atom is -0.477 e. The zero-order valence-electron chi connectivity index (χ0n) is 11.3. The predicted octanol–water partition coefficient (Wildman–Crippen LogP) is 1.37. The van der Waals surface area contributed by atoms with Crippen molar-refractivity contribution < 1.29 is 19.5 Å². The first kappa shape index (κ1) is 14.5. The Labute approximate surface area is 120 Å². The van der Waals surface area contributed by atoms with Crippen molar-refractivity contribution in [1.82, 2.24) is 4.90 Å². The van der Waals surface area contributed by atoms with Crippen molar-refractivity contribution in [2.45, 2.75) is 31.9 Å². The van der Waals surface area contributed by atoms with E-state index >= 15 is 0 Å². The molecule has 1 aliphatic heterocycles. The highest BCUT2D eigenvalue weighted by Crippen LogP contribution is 2.17. The topological polar surface area (TPSA) is 79.2 Å². The first-order valence-corrected chi connectivity index (χ1v) is 7.12. The number of carbonyl (C=O) groups excluding carboxylic acids is 1. The van der Waals surface area contributed by atoms with E-state index in [1.54, 1.807) is 23.3 Å². The van der Waals surface area contributed by atoms with Crippen molar-refractivity contribution in [3.8, 4) is 0 Å². The van der Waals surface area contributed by atoms with Crippen LogP contribution >= 0.6 is 11.3 Å². The number of aliphatic carboxylic acids is 1. The molecule has 0 spiro atoms. The number of hydrogen-bond acceptors (Lipinski definition) is 5. The Kier molecular flexibility index (Phi) is 4.39. The number of nitrogens with zero attached hydrogens (tertiary/aromatic N) is 2. The van der Waals surface area contributed by atoms with Crippen LogP contribution in [0.2, 0.25) is 0 Å². The third kappa shape index (κ3) is 3.16. The quantitative estimate of drug-likeness (QED) is 0.890. The van der Waals surface area contributed by atoms with E-state index in [1.165, 1.54) is 4.88 Å². The van der Waals surface area contributed by atoms with E-state index in [2.05, 4.69) is 5.16 Å². The number of oxime groups is 1. The molecule has 1 aromatic rings. The molecule has 1 aliphatic rings. The maximum Gasteiger partial charge on any atom is 0.353 e. The number of likely N-dealkylation sites (N-methyl/N-ethyl adjacent to an activating group) is 1. The lowest BCUT2D eigenvalue weighted by molar-refractivity contribution is -0.142. The zero-order valence-corrected chi connectivity index (χ0v) is 12.1. The smallest absolute Gasteiger partial charge is 0.353 e. The molecular formula is C13H16N2O4S. The van der Waals surface area contributed by atoms with Crippen LogP contribution in [0, 0.1) is 0 Å². The van der Waals surface area contributed by atoms with Gasteiger partial charge in [-0.3, -0.25) is 4.79 Å². The normalized spacial score (nSPS) is 19.1. The van der Waals surface area contributed by atoms with Gasteiger partial charge in [-0.15, -0.1) is 11.3 Å².